The van der Waals surface area contributed by atoms with Gasteiger partial charge in [0, 0.05) is 22.9 Å². The van der Waals surface area contributed by atoms with Crippen molar-refractivity contribution < 1.29 is 13.5 Å². The predicted molar refractivity (Wildman–Crippen MR) is 94.5 cm³/mol. The topological polar surface area (TPSA) is 38.2 Å². The average Bonchev–Trinajstić information content (AvgIpc) is 2.63. The number of rotatable bonds is 2. The Kier molecular flexibility index (Phi) is 4.35. The van der Waals surface area contributed by atoms with E-state index in [1.807, 2.05) is 18.2 Å². The molecular formula is C18H14BrF2N3O. The minimum atomic E-state index is -0.866. The van der Waals surface area contributed by atoms with Crippen LogP contribution in [0.25, 0.3) is 10.9 Å². The molecule has 1 aliphatic rings. The van der Waals surface area contributed by atoms with Gasteiger partial charge < -0.3 is 9.64 Å². The van der Waals surface area contributed by atoms with Crippen molar-refractivity contribution in [2.75, 3.05) is 24.6 Å². The Morgan fingerprint density at radius 3 is 2.80 bits per heavy atom. The lowest BCUT2D eigenvalue weighted by Gasteiger charge is -2.34. The molecule has 1 aliphatic heterocycles. The summed E-state index contributed by atoms with van der Waals surface area (Å²) >= 11 is 3.48. The highest BCUT2D eigenvalue weighted by Crippen LogP contribution is 2.30. The molecule has 0 spiro atoms. The van der Waals surface area contributed by atoms with E-state index in [-0.39, 0.29) is 6.10 Å². The molecule has 0 bridgehead atoms. The minimum absolute atomic E-state index is 0.346. The number of morpholine rings is 1. The second kappa shape index (κ2) is 6.65. The van der Waals surface area contributed by atoms with Gasteiger partial charge in [-0.25, -0.2) is 18.7 Å². The van der Waals surface area contributed by atoms with Gasteiger partial charge in [-0.1, -0.05) is 22.0 Å². The van der Waals surface area contributed by atoms with Crippen LogP contribution in [0.4, 0.5) is 14.6 Å². The number of hydrogen-bond acceptors (Lipinski definition) is 4. The third kappa shape index (κ3) is 3.21. The van der Waals surface area contributed by atoms with Crippen LogP contribution in [0.15, 0.2) is 47.2 Å². The van der Waals surface area contributed by atoms with Gasteiger partial charge >= 0.3 is 0 Å². The molecule has 1 saturated heterocycles. The van der Waals surface area contributed by atoms with Gasteiger partial charge in [-0.2, -0.15) is 0 Å². The Balaban J connectivity index is 1.67. The molecule has 3 aromatic rings. The van der Waals surface area contributed by atoms with Crippen LogP contribution in [0.3, 0.4) is 0 Å². The quantitative estimate of drug-likeness (QED) is 0.638. The zero-order valence-electron chi connectivity index (χ0n) is 13.1. The Bertz CT molecular complexity index is 937. The lowest BCUT2D eigenvalue weighted by atomic mass is 10.1. The Morgan fingerprint density at radius 1 is 1.08 bits per heavy atom. The number of anilines is 1. The second-order valence-electron chi connectivity index (χ2n) is 5.84. The minimum Gasteiger partial charge on any atom is -0.370 e. The molecule has 1 fully saturated rings. The summed E-state index contributed by atoms with van der Waals surface area (Å²) in [4.78, 5) is 10.8. The molecule has 0 N–H and O–H groups in total. The van der Waals surface area contributed by atoms with Crippen LogP contribution in [0, 0.1) is 11.6 Å². The molecule has 2 aromatic carbocycles. The third-order valence-electron chi connectivity index (χ3n) is 4.26. The van der Waals surface area contributed by atoms with Crippen molar-refractivity contribution in [2.45, 2.75) is 6.10 Å². The first-order valence-electron chi connectivity index (χ1n) is 7.83. The van der Waals surface area contributed by atoms with Crippen LogP contribution in [0.2, 0.25) is 0 Å². The van der Waals surface area contributed by atoms with Crippen molar-refractivity contribution in [3.8, 4) is 0 Å². The molecule has 1 atom stereocenters. The maximum absolute atomic E-state index is 13.5. The van der Waals surface area contributed by atoms with E-state index in [9.17, 15) is 8.78 Å². The van der Waals surface area contributed by atoms with Gasteiger partial charge in [-0.3, -0.25) is 0 Å². The average molecular weight is 406 g/mol. The molecule has 4 rings (SSSR count). The molecular weight excluding hydrogens is 392 g/mol. The standard InChI is InChI=1S/C18H14BrF2N3O/c19-12-2-4-16-13(8-12)18(23-10-22-16)24-5-6-25-17(9-24)11-1-3-14(20)15(21)7-11/h1-4,7-8,10,17H,5-6,9H2. The number of nitrogens with zero attached hydrogens (tertiary/aromatic N) is 3. The number of ether oxygens (including phenoxy) is 1. The summed E-state index contributed by atoms with van der Waals surface area (Å²) in [5.74, 6) is -0.917. The van der Waals surface area contributed by atoms with E-state index < -0.39 is 11.6 Å². The van der Waals surface area contributed by atoms with Gasteiger partial charge in [0.1, 0.15) is 18.2 Å². The molecule has 4 nitrogen and oxygen atoms in total. The predicted octanol–water partition coefficient (Wildman–Crippen LogP) is 4.25. The van der Waals surface area contributed by atoms with Crippen molar-refractivity contribution in [2.24, 2.45) is 0 Å². The molecule has 2 heterocycles. The highest BCUT2D eigenvalue weighted by Gasteiger charge is 2.25. The van der Waals surface area contributed by atoms with Gasteiger partial charge in [0.05, 0.1) is 12.1 Å². The van der Waals surface area contributed by atoms with E-state index in [2.05, 4.69) is 30.8 Å². The first-order chi connectivity index (χ1) is 12.1. The summed E-state index contributed by atoms with van der Waals surface area (Å²) in [6.07, 6.45) is 1.19. The van der Waals surface area contributed by atoms with Crippen molar-refractivity contribution in [3.63, 3.8) is 0 Å². The fourth-order valence-corrected chi connectivity index (χ4v) is 3.38. The lowest BCUT2D eigenvalue weighted by Crippen LogP contribution is -2.39. The van der Waals surface area contributed by atoms with Crippen LogP contribution >= 0.6 is 15.9 Å². The van der Waals surface area contributed by atoms with Gasteiger partial charge in [-0.15, -0.1) is 0 Å². The van der Waals surface area contributed by atoms with Crippen molar-refractivity contribution in [1.29, 1.82) is 0 Å². The van der Waals surface area contributed by atoms with Crippen LogP contribution in [0.5, 0.6) is 0 Å². The number of hydrogen-bond donors (Lipinski definition) is 0. The molecule has 0 saturated carbocycles. The second-order valence-corrected chi connectivity index (χ2v) is 6.75. The first-order valence-corrected chi connectivity index (χ1v) is 8.63. The van der Waals surface area contributed by atoms with E-state index in [4.69, 9.17) is 4.74 Å². The van der Waals surface area contributed by atoms with Crippen LogP contribution < -0.4 is 4.90 Å². The Morgan fingerprint density at radius 2 is 1.96 bits per heavy atom. The highest BCUT2D eigenvalue weighted by atomic mass is 79.9. The van der Waals surface area contributed by atoms with Gasteiger partial charge in [0.2, 0.25) is 0 Å². The van der Waals surface area contributed by atoms with E-state index in [1.165, 1.54) is 12.4 Å². The van der Waals surface area contributed by atoms with Crippen molar-refractivity contribution >= 4 is 32.7 Å². The number of fused-ring (bicyclic) bond motifs is 1. The lowest BCUT2D eigenvalue weighted by molar-refractivity contribution is 0.0393. The van der Waals surface area contributed by atoms with Crippen LogP contribution in [-0.4, -0.2) is 29.7 Å². The van der Waals surface area contributed by atoms with Crippen LogP contribution in [0.1, 0.15) is 11.7 Å². The smallest absolute Gasteiger partial charge is 0.159 e. The molecule has 1 unspecified atom stereocenters. The summed E-state index contributed by atoms with van der Waals surface area (Å²) in [6.45, 7) is 1.64. The van der Waals surface area contributed by atoms with E-state index in [0.29, 0.717) is 25.3 Å². The maximum Gasteiger partial charge on any atom is 0.159 e. The molecule has 7 heteroatoms. The molecule has 0 aliphatic carbocycles. The number of halogens is 3. The van der Waals surface area contributed by atoms with E-state index in [0.717, 1.165) is 27.3 Å². The van der Waals surface area contributed by atoms with Crippen LogP contribution in [-0.2, 0) is 4.74 Å². The summed E-state index contributed by atoms with van der Waals surface area (Å²) in [5.41, 5.74) is 1.47. The Labute approximate surface area is 151 Å². The zero-order chi connectivity index (χ0) is 17.4. The number of benzene rings is 2. The fraction of sp³-hybridized carbons (Fsp3) is 0.222. The molecule has 0 amide bonds. The van der Waals surface area contributed by atoms with Gasteiger partial charge in [-0.05, 0) is 35.9 Å². The molecule has 1 aromatic heterocycles. The largest absolute Gasteiger partial charge is 0.370 e. The van der Waals surface area contributed by atoms with Gasteiger partial charge in [0.25, 0.3) is 0 Å². The molecule has 25 heavy (non-hydrogen) atoms. The normalized spacial score (nSPS) is 17.9. The summed E-state index contributed by atoms with van der Waals surface area (Å²) in [6, 6.07) is 9.72. The van der Waals surface area contributed by atoms with E-state index in [1.54, 1.807) is 6.07 Å². The summed E-state index contributed by atoms with van der Waals surface area (Å²) in [5, 5.41) is 0.933. The first kappa shape index (κ1) is 16.4. The fourth-order valence-electron chi connectivity index (χ4n) is 3.02. The van der Waals surface area contributed by atoms with Crippen molar-refractivity contribution in [3.05, 3.63) is 64.4 Å². The maximum atomic E-state index is 13.5. The van der Waals surface area contributed by atoms with Gasteiger partial charge in [0.15, 0.2) is 11.6 Å². The SMILES string of the molecule is Fc1ccc(C2CN(c3ncnc4ccc(Br)cc34)CCO2)cc1F. The summed E-state index contributed by atoms with van der Waals surface area (Å²) < 4.78 is 33.4. The number of aromatic nitrogens is 2. The third-order valence-corrected chi connectivity index (χ3v) is 4.75. The van der Waals surface area contributed by atoms with E-state index >= 15 is 0 Å². The monoisotopic (exact) mass is 405 g/mol. The zero-order valence-corrected chi connectivity index (χ0v) is 14.7. The molecule has 0 radical (unpaired) electrons. The summed E-state index contributed by atoms with van der Waals surface area (Å²) in [7, 11) is 0. The van der Waals surface area contributed by atoms with Crippen molar-refractivity contribution in [1.82, 2.24) is 9.97 Å². The molecule has 128 valence electrons. The highest BCUT2D eigenvalue weighted by molar-refractivity contribution is 9.10. The Hall–Kier alpha value is -2.12.